The Balaban J connectivity index is 3.80. The summed E-state index contributed by atoms with van der Waals surface area (Å²) in [4.78, 5) is 12.7. The molecule has 3 nitrogen and oxygen atoms in total. The summed E-state index contributed by atoms with van der Waals surface area (Å²) >= 11 is 0. The van der Waals surface area contributed by atoms with Gasteiger partial charge in [0.2, 0.25) is 5.91 Å². The molecule has 3 heteroatoms. The third kappa shape index (κ3) is 3.98. The standard InChI is InChI=1S/C8H18N2O/c1-4-5-6-7(8(9)11)10(2)3/h7H,4-6H2,1-3H3,(H2,9,11)/t7-/m0/s1. The lowest BCUT2D eigenvalue weighted by atomic mass is 10.1. The number of hydrogen-bond acceptors (Lipinski definition) is 2. The number of carbonyl (C=O) groups is 1. The van der Waals surface area contributed by atoms with Gasteiger partial charge >= 0.3 is 0 Å². The van der Waals surface area contributed by atoms with E-state index >= 15 is 0 Å². The topological polar surface area (TPSA) is 46.3 Å². The van der Waals surface area contributed by atoms with Crippen molar-refractivity contribution < 1.29 is 4.79 Å². The van der Waals surface area contributed by atoms with E-state index in [0.29, 0.717) is 0 Å². The Bertz CT molecular complexity index is 123. The van der Waals surface area contributed by atoms with Crippen LogP contribution in [0, 0.1) is 0 Å². The minimum atomic E-state index is -0.219. The van der Waals surface area contributed by atoms with Gasteiger partial charge in [-0.15, -0.1) is 0 Å². The maximum Gasteiger partial charge on any atom is 0.234 e. The molecule has 0 unspecified atom stereocenters. The lowest BCUT2D eigenvalue weighted by Crippen LogP contribution is -2.40. The van der Waals surface area contributed by atoms with E-state index in [-0.39, 0.29) is 11.9 Å². The van der Waals surface area contributed by atoms with Crippen LogP contribution in [0.2, 0.25) is 0 Å². The summed E-state index contributed by atoms with van der Waals surface area (Å²) in [6.45, 7) is 2.10. The Morgan fingerprint density at radius 2 is 2.09 bits per heavy atom. The predicted octanol–water partition coefficient (Wildman–Crippen LogP) is 0.592. The first-order chi connectivity index (χ1) is 5.09. The quantitative estimate of drug-likeness (QED) is 0.636. The average molecular weight is 158 g/mol. The third-order valence-electron chi connectivity index (χ3n) is 1.78. The van der Waals surface area contributed by atoms with Gasteiger partial charge in [-0.05, 0) is 20.5 Å². The van der Waals surface area contributed by atoms with Crippen LogP contribution in [0.4, 0.5) is 0 Å². The SMILES string of the molecule is CCCC[C@@H](C(N)=O)N(C)C. The monoisotopic (exact) mass is 158 g/mol. The van der Waals surface area contributed by atoms with Crippen molar-refractivity contribution in [3.05, 3.63) is 0 Å². The van der Waals surface area contributed by atoms with E-state index in [4.69, 9.17) is 5.73 Å². The number of likely N-dealkylation sites (N-methyl/N-ethyl adjacent to an activating group) is 1. The summed E-state index contributed by atoms with van der Waals surface area (Å²) in [5.41, 5.74) is 5.20. The number of nitrogens with zero attached hydrogens (tertiary/aromatic N) is 1. The first kappa shape index (κ1) is 10.4. The Labute approximate surface area is 68.6 Å². The van der Waals surface area contributed by atoms with E-state index in [1.54, 1.807) is 0 Å². The highest BCUT2D eigenvalue weighted by atomic mass is 16.1. The summed E-state index contributed by atoms with van der Waals surface area (Å²) in [5, 5.41) is 0. The summed E-state index contributed by atoms with van der Waals surface area (Å²) in [6, 6.07) is -0.0880. The van der Waals surface area contributed by atoms with Crippen molar-refractivity contribution in [3.63, 3.8) is 0 Å². The molecule has 0 bridgehead atoms. The first-order valence-electron chi connectivity index (χ1n) is 4.05. The molecule has 11 heavy (non-hydrogen) atoms. The van der Waals surface area contributed by atoms with E-state index < -0.39 is 0 Å². The fraction of sp³-hybridized carbons (Fsp3) is 0.875. The third-order valence-corrected chi connectivity index (χ3v) is 1.78. The summed E-state index contributed by atoms with van der Waals surface area (Å²) in [6.07, 6.45) is 3.04. The molecule has 0 aromatic rings. The van der Waals surface area contributed by atoms with Crippen molar-refractivity contribution in [1.29, 1.82) is 0 Å². The van der Waals surface area contributed by atoms with Crippen LogP contribution in [0.5, 0.6) is 0 Å². The minimum absolute atomic E-state index is 0.0880. The van der Waals surface area contributed by atoms with Gasteiger partial charge < -0.3 is 5.73 Å². The molecule has 0 aromatic heterocycles. The lowest BCUT2D eigenvalue weighted by molar-refractivity contribution is -0.122. The normalized spacial score (nSPS) is 13.5. The predicted molar refractivity (Wildman–Crippen MR) is 46.2 cm³/mol. The molecular weight excluding hydrogens is 140 g/mol. The largest absolute Gasteiger partial charge is 0.368 e. The van der Waals surface area contributed by atoms with Gasteiger partial charge in [0.25, 0.3) is 0 Å². The highest BCUT2D eigenvalue weighted by molar-refractivity contribution is 5.79. The summed E-state index contributed by atoms with van der Waals surface area (Å²) < 4.78 is 0. The highest BCUT2D eigenvalue weighted by Crippen LogP contribution is 2.04. The van der Waals surface area contributed by atoms with Crippen molar-refractivity contribution in [2.75, 3.05) is 14.1 Å². The van der Waals surface area contributed by atoms with E-state index in [0.717, 1.165) is 19.3 Å². The van der Waals surface area contributed by atoms with Gasteiger partial charge in [-0.3, -0.25) is 9.69 Å². The molecule has 0 spiro atoms. The van der Waals surface area contributed by atoms with Crippen LogP contribution in [-0.4, -0.2) is 30.9 Å². The second kappa shape index (κ2) is 5.13. The first-order valence-corrected chi connectivity index (χ1v) is 4.05. The van der Waals surface area contributed by atoms with E-state index in [2.05, 4.69) is 6.92 Å². The van der Waals surface area contributed by atoms with Crippen molar-refractivity contribution in [3.8, 4) is 0 Å². The zero-order chi connectivity index (χ0) is 8.85. The molecule has 0 aliphatic rings. The molecule has 1 amide bonds. The molecule has 0 aliphatic heterocycles. The van der Waals surface area contributed by atoms with Crippen LogP contribution in [0.15, 0.2) is 0 Å². The van der Waals surface area contributed by atoms with Crippen LogP contribution in [0.25, 0.3) is 0 Å². The molecule has 0 aromatic carbocycles. The fourth-order valence-corrected chi connectivity index (χ4v) is 1.05. The van der Waals surface area contributed by atoms with Gasteiger partial charge in [0, 0.05) is 0 Å². The lowest BCUT2D eigenvalue weighted by Gasteiger charge is -2.20. The van der Waals surface area contributed by atoms with E-state index in [9.17, 15) is 4.79 Å². The molecule has 0 heterocycles. The Morgan fingerprint density at radius 3 is 2.36 bits per heavy atom. The van der Waals surface area contributed by atoms with Gasteiger partial charge in [0.15, 0.2) is 0 Å². The zero-order valence-corrected chi connectivity index (χ0v) is 7.63. The van der Waals surface area contributed by atoms with Crippen LogP contribution in [0.1, 0.15) is 26.2 Å². The Hall–Kier alpha value is -0.570. The van der Waals surface area contributed by atoms with Gasteiger partial charge in [0.1, 0.15) is 0 Å². The molecule has 0 aliphatic carbocycles. The number of unbranched alkanes of at least 4 members (excludes halogenated alkanes) is 1. The molecule has 0 radical (unpaired) electrons. The Kier molecular flexibility index (Phi) is 4.86. The van der Waals surface area contributed by atoms with E-state index in [1.807, 2.05) is 19.0 Å². The maximum absolute atomic E-state index is 10.8. The van der Waals surface area contributed by atoms with Crippen molar-refractivity contribution in [2.45, 2.75) is 32.2 Å². The smallest absolute Gasteiger partial charge is 0.234 e. The van der Waals surface area contributed by atoms with Crippen LogP contribution < -0.4 is 5.73 Å². The molecular formula is C8H18N2O. The van der Waals surface area contributed by atoms with E-state index in [1.165, 1.54) is 0 Å². The number of nitrogens with two attached hydrogens (primary N) is 1. The van der Waals surface area contributed by atoms with Crippen molar-refractivity contribution in [2.24, 2.45) is 5.73 Å². The van der Waals surface area contributed by atoms with Gasteiger partial charge in [-0.2, -0.15) is 0 Å². The minimum Gasteiger partial charge on any atom is -0.368 e. The van der Waals surface area contributed by atoms with Crippen LogP contribution in [-0.2, 0) is 4.79 Å². The maximum atomic E-state index is 10.8. The van der Waals surface area contributed by atoms with Crippen molar-refractivity contribution in [1.82, 2.24) is 4.90 Å². The van der Waals surface area contributed by atoms with Gasteiger partial charge in [-0.25, -0.2) is 0 Å². The molecule has 0 saturated carbocycles. The second-order valence-electron chi connectivity index (χ2n) is 3.02. The fourth-order valence-electron chi connectivity index (χ4n) is 1.05. The number of amides is 1. The molecule has 2 N–H and O–H groups in total. The Morgan fingerprint density at radius 1 is 1.55 bits per heavy atom. The van der Waals surface area contributed by atoms with Crippen molar-refractivity contribution >= 4 is 5.91 Å². The summed E-state index contributed by atoms with van der Waals surface area (Å²) in [5.74, 6) is -0.219. The number of rotatable bonds is 5. The number of hydrogen-bond donors (Lipinski definition) is 1. The molecule has 0 fully saturated rings. The molecule has 66 valence electrons. The highest BCUT2D eigenvalue weighted by Gasteiger charge is 2.15. The molecule has 0 rings (SSSR count). The summed E-state index contributed by atoms with van der Waals surface area (Å²) in [7, 11) is 3.76. The number of primary amides is 1. The average Bonchev–Trinajstić information content (AvgIpc) is 1.87. The number of carbonyl (C=O) groups excluding carboxylic acids is 1. The second-order valence-corrected chi connectivity index (χ2v) is 3.02. The van der Waals surface area contributed by atoms with Crippen LogP contribution in [0.3, 0.4) is 0 Å². The van der Waals surface area contributed by atoms with Gasteiger partial charge in [-0.1, -0.05) is 19.8 Å². The van der Waals surface area contributed by atoms with Crippen LogP contribution >= 0.6 is 0 Å². The van der Waals surface area contributed by atoms with Gasteiger partial charge in [0.05, 0.1) is 6.04 Å². The molecule has 0 saturated heterocycles. The zero-order valence-electron chi connectivity index (χ0n) is 7.63. The molecule has 1 atom stereocenters.